The number of nitrogens with zero attached hydrogens (tertiary/aromatic N) is 1. The minimum Gasteiger partial charge on any atom is -0.506 e. The summed E-state index contributed by atoms with van der Waals surface area (Å²) < 4.78 is 25.0. The first kappa shape index (κ1) is 11.4. The average molecular weight is 211 g/mol. The van der Waals surface area contributed by atoms with Gasteiger partial charge in [-0.25, -0.2) is 8.78 Å². The number of phenolic OH excluding ortho intramolecular Hbond substituents is 1. The highest BCUT2D eigenvalue weighted by Gasteiger charge is 2.18. The van der Waals surface area contributed by atoms with Crippen molar-refractivity contribution in [2.75, 3.05) is 0 Å². The minimum absolute atomic E-state index is 0.0372. The predicted octanol–water partition coefficient (Wildman–Crippen LogP) is 3.32. The second kappa shape index (κ2) is 4.26. The van der Waals surface area contributed by atoms with Crippen LogP contribution in [0.1, 0.15) is 42.9 Å². The van der Waals surface area contributed by atoms with Crippen molar-refractivity contribution >= 4 is 0 Å². The molecule has 0 fully saturated rings. The lowest BCUT2D eigenvalue weighted by Gasteiger charge is -2.11. The molecule has 0 aliphatic carbocycles. The number of halogens is 2. The maximum atomic E-state index is 12.5. The summed E-state index contributed by atoms with van der Waals surface area (Å²) in [6, 6.07) is 4.38. The van der Waals surface area contributed by atoms with Gasteiger partial charge in [-0.15, -0.1) is 0 Å². The summed E-state index contributed by atoms with van der Waals surface area (Å²) in [5.41, 5.74) is 0.0499. The molecule has 0 aromatic heterocycles. The van der Waals surface area contributed by atoms with Crippen molar-refractivity contribution in [2.45, 2.75) is 26.2 Å². The zero-order chi connectivity index (χ0) is 11.6. The zero-order valence-electron chi connectivity index (χ0n) is 8.46. The number of aromatic hydroxyl groups is 1. The van der Waals surface area contributed by atoms with Crippen LogP contribution in [0.25, 0.3) is 0 Å². The van der Waals surface area contributed by atoms with Gasteiger partial charge in [0.05, 0.1) is 11.1 Å². The van der Waals surface area contributed by atoms with Crippen LogP contribution >= 0.6 is 0 Å². The Labute approximate surface area is 86.8 Å². The molecule has 0 amide bonds. The molecule has 0 radical (unpaired) electrons. The number of rotatable bonds is 2. The first-order chi connectivity index (χ1) is 6.97. The van der Waals surface area contributed by atoms with Gasteiger partial charge in [0, 0.05) is 0 Å². The molecular weight excluding hydrogens is 200 g/mol. The molecule has 0 saturated carbocycles. The summed E-state index contributed by atoms with van der Waals surface area (Å²) in [5.74, 6) is -0.577. The standard InChI is InChI=1S/C11H11F2NO/c1-6(2)7-3-8(5-14)10(15)9(4-7)11(12)13/h3-4,6,11,15H,1-2H3. The Kier molecular flexibility index (Phi) is 3.25. The summed E-state index contributed by atoms with van der Waals surface area (Å²) in [6.07, 6.45) is -2.77. The van der Waals surface area contributed by atoms with E-state index in [0.717, 1.165) is 0 Å². The fourth-order valence-electron chi connectivity index (χ4n) is 1.27. The van der Waals surface area contributed by atoms with Gasteiger partial charge >= 0.3 is 0 Å². The average Bonchev–Trinajstić information content (AvgIpc) is 2.17. The molecule has 0 aliphatic heterocycles. The van der Waals surface area contributed by atoms with Crippen molar-refractivity contribution < 1.29 is 13.9 Å². The van der Waals surface area contributed by atoms with E-state index in [1.807, 2.05) is 13.8 Å². The SMILES string of the molecule is CC(C)c1cc(C#N)c(O)c(C(F)F)c1. The largest absolute Gasteiger partial charge is 0.506 e. The van der Waals surface area contributed by atoms with Gasteiger partial charge in [0.2, 0.25) is 0 Å². The number of phenols is 1. The van der Waals surface area contributed by atoms with Crippen LogP contribution in [0.2, 0.25) is 0 Å². The molecule has 2 nitrogen and oxygen atoms in total. The summed E-state index contributed by atoms with van der Waals surface area (Å²) in [6.45, 7) is 3.67. The van der Waals surface area contributed by atoms with E-state index in [9.17, 15) is 13.9 Å². The van der Waals surface area contributed by atoms with Crippen molar-refractivity contribution in [3.63, 3.8) is 0 Å². The first-order valence-electron chi connectivity index (χ1n) is 4.52. The van der Waals surface area contributed by atoms with E-state index in [4.69, 9.17) is 5.26 Å². The molecule has 0 atom stereocenters. The van der Waals surface area contributed by atoms with Crippen LogP contribution in [0.4, 0.5) is 8.78 Å². The topological polar surface area (TPSA) is 44.0 Å². The van der Waals surface area contributed by atoms with E-state index >= 15 is 0 Å². The summed E-state index contributed by atoms with van der Waals surface area (Å²) in [5, 5.41) is 18.0. The quantitative estimate of drug-likeness (QED) is 0.815. The van der Waals surface area contributed by atoms with Gasteiger partial charge in [0.25, 0.3) is 6.43 Å². The van der Waals surface area contributed by atoms with Gasteiger partial charge in [0.15, 0.2) is 0 Å². The molecule has 0 saturated heterocycles. The fraction of sp³-hybridized carbons (Fsp3) is 0.364. The van der Waals surface area contributed by atoms with Gasteiger partial charge in [0.1, 0.15) is 11.8 Å². The van der Waals surface area contributed by atoms with Crippen LogP contribution < -0.4 is 0 Å². The van der Waals surface area contributed by atoms with Gasteiger partial charge in [-0.05, 0) is 23.6 Å². The fourth-order valence-corrected chi connectivity index (χ4v) is 1.27. The number of hydrogen-bond acceptors (Lipinski definition) is 2. The second-order valence-corrected chi connectivity index (χ2v) is 3.57. The van der Waals surface area contributed by atoms with Crippen LogP contribution in [-0.2, 0) is 0 Å². The Morgan fingerprint density at radius 3 is 2.33 bits per heavy atom. The predicted molar refractivity (Wildman–Crippen MR) is 51.9 cm³/mol. The van der Waals surface area contributed by atoms with Crippen molar-refractivity contribution in [3.8, 4) is 11.8 Å². The molecule has 0 heterocycles. The van der Waals surface area contributed by atoms with E-state index in [2.05, 4.69) is 0 Å². The zero-order valence-corrected chi connectivity index (χ0v) is 8.46. The Hall–Kier alpha value is -1.63. The van der Waals surface area contributed by atoms with Gasteiger partial charge in [-0.2, -0.15) is 5.26 Å². The van der Waals surface area contributed by atoms with Crippen LogP contribution in [0, 0.1) is 11.3 Å². The van der Waals surface area contributed by atoms with Crippen molar-refractivity contribution in [1.82, 2.24) is 0 Å². The third-order valence-electron chi connectivity index (χ3n) is 2.18. The van der Waals surface area contributed by atoms with E-state index in [1.165, 1.54) is 12.1 Å². The molecule has 1 aromatic carbocycles. The number of hydrogen-bond donors (Lipinski definition) is 1. The van der Waals surface area contributed by atoms with E-state index in [1.54, 1.807) is 6.07 Å². The molecule has 0 spiro atoms. The third kappa shape index (κ3) is 2.24. The Bertz CT molecular complexity index is 408. The van der Waals surface area contributed by atoms with Crippen molar-refractivity contribution in [1.29, 1.82) is 5.26 Å². The Balaban J connectivity index is 3.40. The molecule has 0 unspecified atom stereocenters. The van der Waals surface area contributed by atoms with E-state index < -0.39 is 17.7 Å². The molecule has 80 valence electrons. The highest BCUT2D eigenvalue weighted by molar-refractivity contribution is 5.51. The van der Waals surface area contributed by atoms with E-state index in [-0.39, 0.29) is 11.5 Å². The molecule has 0 bridgehead atoms. The second-order valence-electron chi connectivity index (χ2n) is 3.57. The first-order valence-corrected chi connectivity index (χ1v) is 4.52. The summed E-state index contributed by atoms with van der Waals surface area (Å²) in [4.78, 5) is 0. The maximum absolute atomic E-state index is 12.5. The number of benzene rings is 1. The van der Waals surface area contributed by atoms with Gasteiger partial charge in [-0.1, -0.05) is 13.8 Å². The lowest BCUT2D eigenvalue weighted by molar-refractivity contribution is 0.147. The van der Waals surface area contributed by atoms with Gasteiger partial charge in [-0.3, -0.25) is 0 Å². The minimum atomic E-state index is -2.77. The lowest BCUT2D eigenvalue weighted by Crippen LogP contribution is -1.95. The third-order valence-corrected chi connectivity index (χ3v) is 2.18. The molecule has 15 heavy (non-hydrogen) atoms. The van der Waals surface area contributed by atoms with Crippen LogP contribution in [0.3, 0.4) is 0 Å². The monoisotopic (exact) mass is 211 g/mol. The van der Waals surface area contributed by atoms with Crippen molar-refractivity contribution in [2.24, 2.45) is 0 Å². The Morgan fingerprint density at radius 2 is 1.93 bits per heavy atom. The summed E-state index contributed by atoms with van der Waals surface area (Å²) >= 11 is 0. The van der Waals surface area contributed by atoms with Crippen molar-refractivity contribution in [3.05, 3.63) is 28.8 Å². The molecule has 1 N–H and O–H groups in total. The van der Waals surface area contributed by atoms with Crippen LogP contribution in [0.5, 0.6) is 5.75 Å². The molecular formula is C11H11F2NO. The molecule has 1 aromatic rings. The van der Waals surface area contributed by atoms with Gasteiger partial charge < -0.3 is 5.11 Å². The molecule has 4 heteroatoms. The smallest absolute Gasteiger partial charge is 0.267 e. The maximum Gasteiger partial charge on any atom is 0.267 e. The van der Waals surface area contributed by atoms with Crippen LogP contribution in [0.15, 0.2) is 12.1 Å². The Morgan fingerprint density at radius 1 is 1.33 bits per heavy atom. The molecule has 0 aliphatic rings. The summed E-state index contributed by atoms with van der Waals surface area (Å²) in [7, 11) is 0. The lowest BCUT2D eigenvalue weighted by atomic mass is 9.97. The molecule has 1 rings (SSSR count). The number of alkyl halides is 2. The number of nitriles is 1. The van der Waals surface area contributed by atoms with Crippen LogP contribution in [-0.4, -0.2) is 5.11 Å². The highest BCUT2D eigenvalue weighted by atomic mass is 19.3. The normalized spacial score (nSPS) is 10.7. The highest BCUT2D eigenvalue weighted by Crippen LogP contribution is 2.34. The van der Waals surface area contributed by atoms with E-state index in [0.29, 0.717) is 5.56 Å².